The van der Waals surface area contributed by atoms with E-state index in [1.54, 1.807) is 0 Å². The van der Waals surface area contributed by atoms with Crippen molar-refractivity contribution in [2.75, 3.05) is 11.5 Å². The van der Waals surface area contributed by atoms with E-state index in [4.69, 9.17) is 0 Å². The third-order valence-electron chi connectivity index (χ3n) is 2.30. The fourth-order valence-corrected chi connectivity index (χ4v) is 2.46. The highest BCUT2D eigenvalue weighted by atomic mass is 32.2. The number of hydrogen-bond acceptors (Lipinski definition) is 1. The van der Waals surface area contributed by atoms with Gasteiger partial charge in [0.2, 0.25) is 0 Å². The van der Waals surface area contributed by atoms with Gasteiger partial charge in [0.25, 0.3) is 0 Å². The van der Waals surface area contributed by atoms with Crippen LogP contribution in [0.4, 0.5) is 0 Å². The predicted octanol–water partition coefficient (Wildman–Crippen LogP) is 2.79. The molecule has 0 aliphatic carbocycles. The van der Waals surface area contributed by atoms with Gasteiger partial charge in [0.15, 0.2) is 0 Å². The van der Waals surface area contributed by atoms with Gasteiger partial charge < -0.3 is 0 Å². The van der Waals surface area contributed by atoms with E-state index in [0.717, 1.165) is 11.8 Å². The Kier molecular flexibility index (Phi) is 2.90. The second kappa shape index (κ2) is 3.50. The Morgan fingerprint density at radius 2 is 2.00 bits per heavy atom. The Labute approximate surface area is 62.4 Å². The molecule has 0 N–H and O–H groups in total. The molecular formula is C8H16S. The van der Waals surface area contributed by atoms with Gasteiger partial charge >= 0.3 is 0 Å². The first-order valence-corrected chi connectivity index (χ1v) is 5.04. The smallest absolute Gasteiger partial charge is 0.00392 e. The summed E-state index contributed by atoms with van der Waals surface area (Å²) in [6.07, 6.45) is 2.89. The lowest BCUT2D eigenvalue weighted by Gasteiger charge is -2.14. The lowest BCUT2D eigenvalue weighted by molar-refractivity contribution is 0.402. The highest BCUT2D eigenvalue weighted by Gasteiger charge is 2.14. The van der Waals surface area contributed by atoms with Gasteiger partial charge in [0.1, 0.15) is 0 Å². The van der Waals surface area contributed by atoms with Crippen LogP contribution in [-0.2, 0) is 0 Å². The van der Waals surface area contributed by atoms with Gasteiger partial charge in [0, 0.05) is 0 Å². The molecule has 0 aromatic rings. The number of rotatable bonds is 0. The summed E-state index contributed by atoms with van der Waals surface area (Å²) in [5.74, 6) is 4.72. The van der Waals surface area contributed by atoms with Crippen LogP contribution in [0.1, 0.15) is 26.7 Å². The van der Waals surface area contributed by atoms with Crippen molar-refractivity contribution in [3.8, 4) is 0 Å². The Hall–Kier alpha value is 0.350. The molecule has 1 fully saturated rings. The number of thioether (sulfide) groups is 1. The van der Waals surface area contributed by atoms with Crippen LogP contribution in [0.5, 0.6) is 0 Å². The predicted molar refractivity (Wildman–Crippen MR) is 44.9 cm³/mol. The van der Waals surface area contributed by atoms with Crippen molar-refractivity contribution < 1.29 is 0 Å². The Morgan fingerprint density at radius 1 is 1.22 bits per heavy atom. The summed E-state index contributed by atoms with van der Waals surface area (Å²) >= 11 is 2.13. The second-order valence-corrected chi connectivity index (χ2v) is 4.32. The third-order valence-corrected chi connectivity index (χ3v) is 3.64. The molecule has 0 bridgehead atoms. The highest BCUT2D eigenvalue weighted by molar-refractivity contribution is 7.99. The Morgan fingerprint density at radius 3 is 2.78 bits per heavy atom. The summed E-state index contributed by atoms with van der Waals surface area (Å²) in [5.41, 5.74) is 0. The van der Waals surface area contributed by atoms with E-state index in [1.807, 2.05) is 0 Å². The monoisotopic (exact) mass is 144 g/mol. The molecule has 0 nitrogen and oxygen atoms in total. The van der Waals surface area contributed by atoms with Crippen molar-refractivity contribution in [2.45, 2.75) is 26.7 Å². The van der Waals surface area contributed by atoms with Gasteiger partial charge in [-0.15, -0.1) is 0 Å². The lowest BCUT2D eigenvalue weighted by atomic mass is 9.94. The molecule has 1 aliphatic rings. The molecule has 54 valence electrons. The van der Waals surface area contributed by atoms with Crippen LogP contribution in [0.25, 0.3) is 0 Å². The highest BCUT2D eigenvalue weighted by Crippen LogP contribution is 2.26. The largest absolute Gasteiger partial charge is 0.162 e. The zero-order valence-corrected chi connectivity index (χ0v) is 7.21. The summed E-state index contributed by atoms with van der Waals surface area (Å²) in [7, 11) is 0. The van der Waals surface area contributed by atoms with Crippen molar-refractivity contribution in [1.82, 2.24) is 0 Å². The Balaban J connectivity index is 2.32. The molecule has 1 rings (SSSR count). The average molecular weight is 144 g/mol. The molecule has 9 heavy (non-hydrogen) atoms. The summed E-state index contributed by atoms with van der Waals surface area (Å²) in [6.45, 7) is 4.76. The molecule has 2 atom stereocenters. The van der Waals surface area contributed by atoms with Gasteiger partial charge in [-0.3, -0.25) is 0 Å². The summed E-state index contributed by atoms with van der Waals surface area (Å²) < 4.78 is 0. The number of hydrogen-bond donors (Lipinski definition) is 0. The topological polar surface area (TPSA) is 0 Å². The summed E-state index contributed by atoms with van der Waals surface area (Å²) in [6, 6.07) is 0. The third kappa shape index (κ3) is 2.21. The standard InChI is InChI=1S/C8H16S/c1-7-4-3-5-9-6-8(7)2/h7-8H,3-6H2,1-2H3. The van der Waals surface area contributed by atoms with Crippen LogP contribution < -0.4 is 0 Å². The molecule has 2 unspecified atom stereocenters. The molecule has 0 saturated carbocycles. The van der Waals surface area contributed by atoms with Crippen LogP contribution in [-0.4, -0.2) is 11.5 Å². The van der Waals surface area contributed by atoms with E-state index in [1.165, 1.54) is 24.3 Å². The first-order valence-electron chi connectivity index (χ1n) is 3.88. The van der Waals surface area contributed by atoms with E-state index < -0.39 is 0 Å². The molecule has 1 heterocycles. The van der Waals surface area contributed by atoms with Crippen LogP contribution in [0.3, 0.4) is 0 Å². The minimum Gasteiger partial charge on any atom is -0.162 e. The maximum atomic E-state index is 2.39. The molecule has 1 saturated heterocycles. The van der Waals surface area contributed by atoms with E-state index in [2.05, 4.69) is 25.6 Å². The van der Waals surface area contributed by atoms with E-state index >= 15 is 0 Å². The van der Waals surface area contributed by atoms with E-state index in [0.29, 0.717) is 0 Å². The molecule has 0 aromatic heterocycles. The normalized spacial score (nSPS) is 38.0. The van der Waals surface area contributed by atoms with Gasteiger partial charge in [-0.1, -0.05) is 13.8 Å². The maximum Gasteiger partial charge on any atom is -0.00392 e. The minimum absolute atomic E-state index is 0.956. The van der Waals surface area contributed by atoms with Crippen LogP contribution in [0, 0.1) is 11.8 Å². The van der Waals surface area contributed by atoms with Crippen molar-refractivity contribution in [2.24, 2.45) is 11.8 Å². The Bertz CT molecular complexity index is 70.6. The molecule has 0 aromatic carbocycles. The zero-order chi connectivity index (χ0) is 6.69. The molecule has 1 heteroatoms. The van der Waals surface area contributed by atoms with Crippen molar-refractivity contribution >= 4 is 11.8 Å². The van der Waals surface area contributed by atoms with Gasteiger partial charge in [0.05, 0.1) is 0 Å². The first-order chi connectivity index (χ1) is 4.30. The second-order valence-electron chi connectivity index (χ2n) is 3.17. The van der Waals surface area contributed by atoms with Crippen molar-refractivity contribution in [3.05, 3.63) is 0 Å². The van der Waals surface area contributed by atoms with Gasteiger partial charge in [-0.05, 0) is 36.2 Å². The molecule has 0 radical (unpaired) electrons. The molecular weight excluding hydrogens is 128 g/mol. The fourth-order valence-electron chi connectivity index (χ4n) is 1.23. The van der Waals surface area contributed by atoms with Gasteiger partial charge in [-0.25, -0.2) is 0 Å². The molecule has 0 amide bonds. The van der Waals surface area contributed by atoms with Gasteiger partial charge in [-0.2, -0.15) is 11.8 Å². The van der Waals surface area contributed by atoms with E-state index in [9.17, 15) is 0 Å². The molecule has 1 aliphatic heterocycles. The SMILES string of the molecule is CC1CCCSCC1C. The minimum atomic E-state index is 0.956. The maximum absolute atomic E-state index is 2.39. The quantitative estimate of drug-likeness (QED) is 0.504. The summed E-state index contributed by atoms with van der Waals surface area (Å²) in [5, 5.41) is 0. The van der Waals surface area contributed by atoms with Crippen molar-refractivity contribution in [1.29, 1.82) is 0 Å². The lowest BCUT2D eigenvalue weighted by Crippen LogP contribution is -2.07. The fraction of sp³-hybridized carbons (Fsp3) is 1.00. The van der Waals surface area contributed by atoms with Crippen LogP contribution >= 0.6 is 11.8 Å². The zero-order valence-electron chi connectivity index (χ0n) is 6.39. The van der Waals surface area contributed by atoms with E-state index in [-0.39, 0.29) is 0 Å². The van der Waals surface area contributed by atoms with Crippen molar-refractivity contribution in [3.63, 3.8) is 0 Å². The summed E-state index contributed by atoms with van der Waals surface area (Å²) in [4.78, 5) is 0. The first kappa shape index (κ1) is 7.46. The van der Waals surface area contributed by atoms with Crippen LogP contribution in [0.2, 0.25) is 0 Å². The van der Waals surface area contributed by atoms with Crippen LogP contribution in [0.15, 0.2) is 0 Å². The molecule has 0 spiro atoms. The average Bonchev–Trinajstić information content (AvgIpc) is 1.99.